The Bertz CT molecular complexity index is 1450. The van der Waals surface area contributed by atoms with Crippen LogP contribution in [-0.4, -0.2) is 18.1 Å². The van der Waals surface area contributed by atoms with Crippen molar-refractivity contribution in [2.24, 2.45) is 0 Å². The smallest absolute Gasteiger partial charge is 0.416 e. The maximum atomic E-state index is 13.8. The summed E-state index contributed by atoms with van der Waals surface area (Å²) in [6.45, 7) is 6.26. The Morgan fingerprint density at radius 3 is 2.46 bits per heavy atom. The van der Waals surface area contributed by atoms with Crippen molar-refractivity contribution in [3.05, 3.63) is 106 Å². The molecule has 0 saturated heterocycles. The third-order valence-corrected chi connectivity index (χ3v) is 7.48. The van der Waals surface area contributed by atoms with E-state index in [1.807, 2.05) is 24.0 Å². The number of rotatable bonds is 11. The summed E-state index contributed by atoms with van der Waals surface area (Å²) in [7, 11) is 0. The molecular weight excluding hydrogens is 552 g/mol. The lowest BCUT2D eigenvalue weighted by Crippen LogP contribution is -2.26. The van der Waals surface area contributed by atoms with Crippen LogP contribution in [0.25, 0.3) is 5.70 Å². The Hall–Kier alpha value is -3.72. The lowest BCUT2D eigenvalue weighted by molar-refractivity contribution is -0.137. The molecule has 3 aromatic rings. The highest BCUT2D eigenvalue weighted by molar-refractivity contribution is 8.00. The third kappa shape index (κ3) is 7.73. The van der Waals surface area contributed by atoms with Gasteiger partial charge in [0.05, 0.1) is 11.3 Å². The van der Waals surface area contributed by atoms with E-state index in [2.05, 4.69) is 11.6 Å². The number of Topliss-reactive ketones (excluding diaryl/α,β-unsaturated/α-hetero) is 1. The van der Waals surface area contributed by atoms with Crippen molar-refractivity contribution < 1.29 is 27.1 Å². The lowest BCUT2D eigenvalue weighted by atomic mass is 9.99. The predicted octanol–water partition coefficient (Wildman–Crippen LogP) is 9.29. The van der Waals surface area contributed by atoms with E-state index < -0.39 is 11.7 Å². The zero-order chi connectivity index (χ0) is 29.6. The molecular formula is C32H32F4N2O2S. The largest absolute Gasteiger partial charge is 0.488 e. The van der Waals surface area contributed by atoms with Crippen LogP contribution in [-0.2, 0) is 12.8 Å². The second-order valence-corrected chi connectivity index (χ2v) is 10.7. The van der Waals surface area contributed by atoms with Gasteiger partial charge in [-0.25, -0.2) is 4.39 Å². The van der Waals surface area contributed by atoms with Crippen LogP contribution in [0.2, 0.25) is 0 Å². The maximum absolute atomic E-state index is 13.8. The summed E-state index contributed by atoms with van der Waals surface area (Å²) in [5.74, 6) is 0.702. The SMILES string of the molecule is CCCSNc1cc(C(=O)CC)cc(N2CC(C)=CC=C2c2cc(C(F)(F)F)ccc2OCc2ccc(F)cc2)c1. The van der Waals surface area contributed by atoms with Crippen LogP contribution in [0.5, 0.6) is 5.75 Å². The number of benzene rings is 3. The second-order valence-electron chi connectivity index (χ2n) is 9.77. The summed E-state index contributed by atoms with van der Waals surface area (Å²) >= 11 is 1.53. The zero-order valence-electron chi connectivity index (χ0n) is 23.1. The molecule has 1 aliphatic heterocycles. The van der Waals surface area contributed by atoms with Crippen LogP contribution in [0.1, 0.15) is 60.7 Å². The Morgan fingerprint density at radius 2 is 1.78 bits per heavy atom. The second kappa shape index (κ2) is 13.3. The molecule has 4 rings (SSSR count). The molecule has 4 nitrogen and oxygen atoms in total. The Morgan fingerprint density at radius 1 is 1.02 bits per heavy atom. The molecule has 0 bridgehead atoms. The van der Waals surface area contributed by atoms with Crippen LogP contribution >= 0.6 is 11.9 Å². The molecule has 0 radical (unpaired) electrons. The van der Waals surface area contributed by atoms with Gasteiger partial charge in [-0.15, -0.1) is 0 Å². The van der Waals surface area contributed by atoms with Crippen LogP contribution in [0, 0.1) is 5.82 Å². The van der Waals surface area contributed by atoms with Gasteiger partial charge in [0, 0.05) is 41.2 Å². The predicted molar refractivity (Wildman–Crippen MR) is 159 cm³/mol. The summed E-state index contributed by atoms with van der Waals surface area (Å²) in [6.07, 6.45) is 0.371. The Labute approximate surface area is 242 Å². The number of ether oxygens (including phenoxy) is 1. The van der Waals surface area contributed by atoms with E-state index in [0.29, 0.717) is 35.5 Å². The van der Waals surface area contributed by atoms with Crippen LogP contribution in [0.15, 0.2) is 78.4 Å². The first-order chi connectivity index (χ1) is 19.6. The average Bonchev–Trinajstić information content (AvgIpc) is 2.96. The van der Waals surface area contributed by atoms with Gasteiger partial charge in [0.25, 0.3) is 0 Å². The van der Waals surface area contributed by atoms with E-state index in [4.69, 9.17) is 4.74 Å². The van der Waals surface area contributed by atoms with Gasteiger partial charge in [-0.1, -0.05) is 49.6 Å². The van der Waals surface area contributed by atoms with Gasteiger partial charge >= 0.3 is 6.18 Å². The molecule has 0 aliphatic carbocycles. The fourth-order valence-electron chi connectivity index (χ4n) is 4.37. The molecule has 0 amide bonds. The molecule has 0 saturated carbocycles. The number of nitrogens with zero attached hydrogens (tertiary/aromatic N) is 1. The van der Waals surface area contributed by atoms with Crippen molar-refractivity contribution in [1.29, 1.82) is 0 Å². The molecule has 0 unspecified atom stereocenters. The van der Waals surface area contributed by atoms with E-state index in [1.165, 1.54) is 30.1 Å². The number of hydrogen-bond donors (Lipinski definition) is 1. The molecule has 0 aromatic heterocycles. The molecule has 0 spiro atoms. The minimum Gasteiger partial charge on any atom is -0.488 e. The fraction of sp³-hybridized carbons (Fsp3) is 0.281. The summed E-state index contributed by atoms with van der Waals surface area (Å²) in [5.41, 5.74) is 3.56. The average molecular weight is 585 g/mol. The van der Waals surface area contributed by atoms with Crippen molar-refractivity contribution in [3.63, 3.8) is 0 Å². The van der Waals surface area contributed by atoms with Gasteiger partial charge in [0.1, 0.15) is 18.2 Å². The van der Waals surface area contributed by atoms with Crippen molar-refractivity contribution in [1.82, 2.24) is 0 Å². The van der Waals surface area contributed by atoms with Gasteiger partial charge in [-0.05, 0) is 73.5 Å². The summed E-state index contributed by atoms with van der Waals surface area (Å²) in [6, 6.07) is 14.6. The number of anilines is 2. The van der Waals surface area contributed by atoms with E-state index in [-0.39, 0.29) is 29.5 Å². The molecule has 0 atom stereocenters. The van der Waals surface area contributed by atoms with E-state index >= 15 is 0 Å². The topological polar surface area (TPSA) is 41.6 Å². The molecule has 41 heavy (non-hydrogen) atoms. The Balaban J connectivity index is 1.79. The van der Waals surface area contributed by atoms with Gasteiger partial charge in [-0.3, -0.25) is 4.79 Å². The monoisotopic (exact) mass is 584 g/mol. The molecule has 216 valence electrons. The van der Waals surface area contributed by atoms with Crippen LogP contribution in [0.4, 0.5) is 28.9 Å². The standard InChI is InChI=1S/C32H32F4N2O2S/c1-4-14-41-37-26-15-23(30(39)5-2)16-27(18-26)38-19-21(3)6-12-29(38)28-17-24(32(34,35)36)9-13-31(28)40-20-22-7-10-25(33)11-8-22/h6-13,15-18,37H,4-5,14,19-20H2,1-3H3. The number of alkyl halides is 3. The molecule has 0 fully saturated rings. The molecule has 3 aromatic carbocycles. The fourth-order valence-corrected chi connectivity index (χ4v) is 4.96. The normalized spacial score (nSPS) is 13.5. The highest BCUT2D eigenvalue weighted by atomic mass is 32.2. The Kier molecular flexibility index (Phi) is 9.81. The van der Waals surface area contributed by atoms with E-state index in [9.17, 15) is 22.4 Å². The number of halogens is 4. The number of ketones is 1. The van der Waals surface area contributed by atoms with Gasteiger partial charge < -0.3 is 14.4 Å². The van der Waals surface area contributed by atoms with Gasteiger partial charge in [0.2, 0.25) is 0 Å². The van der Waals surface area contributed by atoms with Crippen LogP contribution in [0.3, 0.4) is 0 Å². The molecule has 1 aliphatic rings. The zero-order valence-corrected chi connectivity index (χ0v) is 24.0. The number of carbonyl (C=O) groups is 1. The van der Waals surface area contributed by atoms with Crippen LogP contribution < -0.4 is 14.4 Å². The number of allylic oxidation sites excluding steroid dienone is 2. The molecule has 9 heteroatoms. The quantitative estimate of drug-likeness (QED) is 0.105. The minimum atomic E-state index is -4.56. The van der Waals surface area contributed by atoms with Gasteiger partial charge in [-0.2, -0.15) is 13.2 Å². The van der Waals surface area contributed by atoms with Crippen molar-refractivity contribution in [2.45, 2.75) is 46.4 Å². The summed E-state index contributed by atoms with van der Waals surface area (Å²) < 4.78 is 64.2. The van der Waals surface area contributed by atoms with Crippen molar-refractivity contribution in [3.8, 4) is 5.75 Å². The minimum absolute atomic E-state index is 0.0346. The van der Waals surface area contributed by atoms with Crippen molar-refractivity contribution in [2.75, 3.05) is 21.9 Å². The maximum Gasteiger partial charge on any atom is 0.416 e. The first-order valence-electron chi connectivity index (χ1n) is 13.4. The van der Waals surface area contributed by atoms with E-state index in [1.54, 1.807) is 37.3 Å². The highest BCUT2D eigenvalue weighted by Crippen LogP contribution is 2.40. The number of nitrogens with one attached hydrogen (secondary N) is 1. The molecule has 1 heterocycles. The molecule has 1 N–H and O–H groups in total. The summed E-state index contributed by atoms with van der Waals surface area (Å²) in [4.78, 5) is 14.6. The number of hydrogen-bond acceptors (Lipinski definition) is 5. The summed E-state index contributed by atoms with van der Waals surface area (Å²) in [5, 5.41) is 0. The van der Waals surface area contributed by atoms with Gasteiger partial charge in [0.15, 0.2) is 5.78 Å². The van der Waals surface area contributed by atoms with E-state index in [0.717, 1.165) is 35.6 Å². The third-order valence-electron chi connectivity index (χ3n) is 6.48. The van der Waals surface area contributed by atoms with Crippen molar-refractivity contribution >= 4 is 34.8 Å². The highest BCUT2D eigenvalue weighted by Gasteiger charge is 2.32. The number of carbonyl (C=O) groups excluding carboxylic acids is 1. The first kappa shape index (κ1) is 30.2. The first-order valence-corrected chi connectivity index (χ1v) is 14.4. The lowest BCUT2D eigenvalue weighted by Gasteiger charge is -2.32.